The molecule has 3 aromatic rings. The third kappa shape index (κ3) is 3.99. The second kappa shape index (κ2) is 8.18. The molecule has 2 aromatic carbocycles. The van der Waals surface area contributed by atoms with Gasteiger partial charge in [-0.3, -0.25) is 4.79 Å². The fourth-order valence-corrected chi connectivity index (χ4v) is 3.38. The van der Waals surface area contributed by atoms with Crippen molar-refractivity contribution in [2.45, 2.75) is 12.8 Å². The molecule has 0 saturated heterocycles. The third-order valence-corrected chi connectivity index (χ3v) is 4.82. The number of amides is 1. The van der Waals surface area contributed by atoms with E-state index in [2.05, 4.69) is 20.6 Å². The summed E-state index contributed by atoms with van der Waals surface area (Å²) in [4.78, 5) is 21.2. The molecule has 7 nitrogen and oxygen atoms in total. The Kier molecular flexibility index (Phi) is 5.29. The molecule has 1 aliphatic heterocycles. The maximum atomic E-state index is 12.1. The van der Waals surface area contributed by atoms with Gasteiger partial charge in [-0.05, 0) is 30.2 Å². The molecule has 0 atom stereocenters. The number of anilines is 2. The number of benzene rings is 2. The highest BCUT2D eigenvalue weighted by molar-refractivity contribution is 5.99. The Morgan fingerprint density at radius 2 is 1.93 bits per heavy atom. The van der Waals surface area contributed by atoms with Crippen LogP contribution < -0.4 is 20.1 Å². The summed E-state index contributed by atoms with van der Waals surface area (Å²) in [5.41, 5.74) is 4.38. The standard InChI is InChI=1S/C22H22N4O3/c1-28-18-8-7-14(11-19(18)29-2)9-10-23-22-24-13-15-12-20(27)25-17-6-4-3-5-16(17)21(15)26-22/h3-8,11,13H,9-10,12H2,1-2H3,(H,25,27)(H,23,24,26). The SMILES string of the molecule is COc1ccc(CCNc2ncc3c(n2)-c2ccccc2NC(=O)C3)cc1OC. The van der Waals surface area contributed by atoms with Gasteiger partial charge in [0.1, 0.15) is 0 Å². The minimum atomic E-state index is -0.0611. The number of carbonyl (C=O) groups is 1. The number of carbonyl (C=O) groups excluding carboxylic acids is 1. The minimum absolute atomic E-state index is 0.0611. The molecular formula is C22H22N4O3. The number of nitrogens with one attached hydrogen (secondary N) is 2. The summed E-state index contributed by atoms with van der Waals surface area (Å²) < 4.78 is 10.6. The summed E-state index contributed by atoms with van der Waals surface area (Å²) in [5, 5.41) is 6.20. The second-order valence-electron chi connectivity index (χ2n) is 6.70. The maximum absolute atomic E-state index is 12.1. The van der Waals surface area contributed by atoms with Gasteiger partial charge in [0, 0.05) is 23.9 Å². The number of fused-ring (bicyclic) bond motifs is 3. The molecule has 0 radical (unpaired) electrons. The van der Waals surface area contributed by atoms with E-state index in [9.17, 15) is 4.79 Å². The van der Waals surface area contributed by atoms with E-state index in [0.29, 0.717) is 24.0 Å². The highest BCUT2D eigenvalue weighted by atomic mass is 16.5. The van der Waals surface area contributed by atoms with Crippen LogP contribution in [0.15, 0.2) is 48.7 Å². The Labute approximate surface area is 169 Å². The van der Waals surface area contributed by atoms with Crippen molar-refractivity contribution >= 4 is 17.5 Å². The summed E-state index contributed by atoms with van der Waals surface area (Å²) in [6, 6.07) is 13.5. The highest BCUT2D eigenvalue weighted by Crippen LogP contribution is 2.32. The lowest BCUT2D eigenvalue weighted by molar-refractivity contribution is -0.115. The Balaban J connectivity index is 1.51. The van der Waals surface area contributed by atoms with Crippen molar-refractivity contribution in [1.82, 2.24) is 9.97 Å². The lowest BCUT2D eigenvalue weighted by atomic mass is 10.1. The van der Waals surface area contributed by atoms with E-state index in [1.165, 1.54) is 0 Å². The topological polar surface area (TPSA) is 85.4 Å². The van der Waals surface area contributed by atoms with E-state index in [0.717, 1.165) is 34.5 Å². The van der Waals surface area contributed by atoms with Crippen LogP contribution in [0.5, 0.6) is 11.5 Å². The molecule has 0 spiro atoms. The first-order valence-corrected chi connectivity index (χ1v) is 9.38. The average molecular weight is 390 g/mol. The first kappa shape index (κ1) is 18.7. The molecule has 0 unspecified atom stereocenters. The van der Waals surface area contributed by atoms with Crippen molar-refractivity contribution in [3.63, 3.8) is 0 Å². The van der Waals surface area contributed by atoms with Crippen molar-refractivity contribution in [1.29, 1.82) is 0 Å². The zero-order valence-corrected chi connectivity index (χ0v) is 16.4. The number of hydrogen-bond donors (Lipinski definition) is 2. The van der Waals surface area contributed by atoms with Gasteiger partial charge in [-0.2, -0.15) is 0 Å². The Bertz CT molecular complexity index is 1050. The van der Waals surface area contributed by atoms with Gasteiger partial charge in [-0.1, -0.05) is 24.3 Å². The van der Waals surface area contributed by atoms with E-state index in [4.69, 9.17) is 9.47 Å². The van der Waals surface area contributed by atoms with E-state index >= 15 is 0 Å². The van der Waals surface area contributed by atoms with Crippen molar-refractivity contribution in [3.8, 4) is 22.8 Å². The number of ether oxygens (including phenoxy) is 2. The van der Waals surface area contributed by atoms with Crippen molar-refractivity contribution < 1.29 is 14.3 Å². The van der Waals surface area contributed by atoms with Crippen LogP contribution in [0, 0.1) is 0 Å². The summed E-state index contributed by atoms with van der Waals surface area (Å²) in [6.07, 6.45) is 2.76. The Hall–Kier alpha value is -3.61. The minimum Gasteiger partial charge on any atom is -0.493 e. The zero-order valence-electron chi connectivity index (χ0n) is 16.4. The summed E-state index contributed by atoms with van der Waals surface area (Å²) >= 11 is 0. The Morgan fingerprint density at radius 3 is 2.76 bits per heavy atom. The van der Waals surface area contributed by atoms with E-state index in [-0.39, 0.29) is 12.3 Å². The molecule has 0 bridgehead atoms. The van der Waals surface area contributed by atoms with E-state index in [1.807, 2.05) is 42.5 Å². The summed E-state index contributed by atoms with van der Waals surface area (Å²) in [6.45, 7) is 0.660. The van der Waals surface area contributed by atoms with Crippen molar-refractivity contribution in [3.05, 3.63) is 59.8 Å². The van der Waals surface area contributed by atoms with Gasteiger partial charge < -0.3 is 20.1 Å². The number of nitrogens with zero attached hydrogens (tertiary/aromatic N) is 2. The monoisotopic (exact) mass is 390 g/mol. The molecule has 2 N–H and O–H groups in total. The fraction of sp³-hybridized carbons (Fsp3) is 0.227. The fourth-order valence-electron chi connectivity index (χ4n) is 3.38. The van der Waals surface area contributed by atoms with Crippen LogP contribution in [0.3, 0.4) is 0 Å². The van der Waals surface area contributed by atoms with E-state index in [1.54, 1.807) is 20.4 Å². The van der Waals surface area contributed by atoms with Crippen LogP contribution in [0.2, 0.25) is 0 Å². The molecule has 4 rings (SSSR count). The third-order valence-electron chi connectivity index (χ3n) is 4.82. The van der Waals surface area contributed by atoms with Gasteiger partial charge in [-0.15, -0.1) is 0 Å². The van der Waals surface area contributed by atoms with Crippen LogP contribution >= 0.6 is 0 Å². The molecule has 148 valence electrons. The molecule has 2 heterocycles. The van der Waals surface area contributed by atoms with Gasteiger partial charge in [0.15, 0.2) is 11.5 Å². The number of hydrogen-bond acceptors (Lipinski definition) is 6. The van der Waals surface area contributed by atoms with Crippen LogP contribution in [-0.2, 0) is 17.6 Å². The average Bonchev–Trinajstić information content (AvgIpc) is 2.88. The number of para-hydroxylation sites is 1. The molecule has 29 heavy (non-hydrogen) atoms. The number of rotatable bonds is 6. The first-order valence-electron chi connectivity index (χ1n) is 9.38. The van der Waals surface area contributed by atoms with Gasteiger partial charge in [0.25, 0.3) is 0 Å². The predicted molar refractivity (Wildman–Crippen MR) is 112 cm³/mol. The molecule has 0 aliphatic carbocycles. The first-order chi connectivity index (χ1) is 14.2. The number of methoxy groups -OCH3 is 2. The summed E-state index contributed by atoms with van der Waals surface area (Å²) in [7, 11) is 3.25. The normalized spacial score (nSPS) is 12.3. The second-order valence-corrected chi connectivity index (χ2v) is 6.70. The summed E-state index contributed by atoms with van der Waals surface area (Å²) in [5.74, 6) is 1.89. The van der Waals surface area contributed by atoms with Crippen LogP contribution in [0.4, 0.5) is 11.6 Å². The smallest absolute Gasteiger partial charge is 0.228 e. The highest BCUT2D eigenvalue weighted by Gasteiger charge is 2.20. The molecule has 7 heteroatoms. The zero-order chi connectivity index (χ0) is 20.2. The van der Waals surface area contributed by atoms with Gasteiger partial charge >= 0.3 is 0 Å². The quantitative estimate of drug-likeness (QED) is 0.672. The van der Waals surface area contributed by atoms with Gasteiger partial charge in [-0.25, -0.2) is 9.97 Å². The maximum Gasteiger partial charge on any atom is 0.228 e. The van der Waals surface area contributed by atoms with Gasteiger partial charge in [0.2, 0.25) is 11.9 Å². The predicted octanol–water partition coefficient (Wildman–Crippen LogP) is 3.31. The van der Waals surface area contributed by atoms with Crippen LogP contribution in [0.1, 0.15) is 11.1 Å². The van der Waals surface area contributed by atoms with Crippen molar-refractivity contribution in [2.75, 3.05) is 31.4 Å². The molecule has 1 aromatic heterocycles. The van der Waals surface area contributed by atoms with Crippen molar-refractivity contribution in [2.24, 2.45) is 0 Å². The molecule has 1 aliphatic rings. The lowest BCUT2D eigenvalue weighted by Gasteiger charge is -2.11. The van der Waals surface area contributed by atoms with E-state index < -0.39 is 0 Å². The molecule has 1 amide bonds. The molecule has 0 fully saturated rings. The van der Waals surface area contributed by atoms with Crippen LogP contribution in [0.25, 0.3) is 11.3 Å². The number of aromatic nitrogens is 2. The van der Waals surface area contributed by atoms with Gasteiger partial charge in [0.05, 0.1) is 32.0 Å². The lowest BCUT2D eigenvalue weighted by Crippen LogP contribution is -2.13. The largest absolute Gasteiger partial charge is 0.493 e. The Morgan fingerprint density at radius 1 is 1.10 bits per heavy atom. The molecular weight excluding hydrogens is 368 g/mol. The molecule has 0 saturated carbocycles. The van der Waals surface area contributed by atoms with Crippen LogP contribution in [-0.4, -0.2) is 36.6 Å².